The number of nitrogens with two attached hydrogens (primary N) is 1. The first-order chi connectivity index (χ1) is 10.9. The third-order valence-corrected chi connectivity index (χ3v) is 3.49. The second-order valence-corrected chi connectivity index (χ2v) is 6.89. The largest absolute Gasteiger partial charge is 0.327 e. The third-order valence-electron chi connectivity index (χ3n) is 3.49. The molecule has 0 unspecified atom stereocenters. The fourth-order valence-corrected chi connectivity index (χ4v) is 2.52. The van der Waals surface area contributed by atoms with Crippen LogP contribution in [0.4, 0.5) is 0 Å². The normalized spacial score (nSPS) is 11.3. The second-order valence-electron chi connectivity index (χ2n) is 6.89. The van der Waals surface area contributed by atoms with Crippen molar-refractivity contribution in [3.63, 3.8) is 0 Å². The zero-order valence-electron chi connectivity index (χ0n) is 14.1. The number of quaternary nitrogens is 1. The van der Waals surface area contributed by atoms with Gasteiger partial charge in [-0.3, -0.25) is 10.2 Å². The van der Waals surface area contributed by atoms with Crippen LogP contribution < -0.4 is 15.8 Å². The van der Waals surface area contributed by atoms with E-state index in [0.717, 1.165) is 23.1 Å². The molecule has 0 fully saturated rings. The average molecular weight is 314 g/mol. The number of rotatable bonds is 6. The maximum atomic E-state index is 11.4. The highest BCUT2D eigenvalue weighted by atomic mass is 16.2. The van der Waals surface area contributed by atoms with Gasteiger partial charge in [0, 0.05) is 22.8 Å². The van der Waals surface area contributed by atoms with Gasteiger partial charge in [-0.05, 0) is 6.07 Å². The molecule has 3 N–H and O–H groups in total. The topological polar surface area (TPSA) is 59.0 Å². The van der Waals surface area contributed by atoms with Crippen LogP contribution in [-0.4, -0.2) is 31.5 Å². The molecular weight excluding hydrogens is 288 g/mol. The van der Waals surface area contributed by atoms with Crippen molar-refractivity contribution in [1.29, 1.82) is 0 Å². The molecule has 5 heteroatoms. The highest BCUT2D eigenvalue weighted by molar-refractivity contribution is 5.77. The molecule has 1 aromatic carbocycles. The number of benzene rings is 1. The van der Waals surface area contributed by atoms with Gasteiger partial charge in [-0.15, -0.1) is 0 Å². The molecule has 2 rings (SSSR count). The lowest BCUT2D eigenvalue weighted by atomic mass is 10.1. The Labute approximate surface area is 137 Å². The maximum absolute atomic E-state index is 11.4. The van der Waals surface area contributed by atoms with E-state index in [9.17, 15) is 4.79 Å². The first kappa shape index (κ1) is 17.1. The quantitative estimate of drug-likeness (QED) is 0.272. The standard InChI is InChI=1S/C18H25N4O/c1-22(2,3)14-16-8-6-15(7-9-16)12-21-10-4-5-17(13-21)11-18(23)20-19/h4-10,13H,11-12,14,19H2,1-3H3/q+1/p+1. The van der Waals surface area contributed by atoms with Crippen molar-refractivity contribution in [2.45, 2.75) is 19.5 Å². The molecule has 0 radical (unpaired) electrons. The van der Waals surface area contributed by atoms with Crippen LogP contribution in [0.3, 0.4) is 0 Å². The van der Waals surface area contributed by atoms with Crippen molar-refractivity contribution in [2.24, 2.45) is 5.84 Å². The van der Waals surface area contributed by atoms with E-state index >= 15 is 0 Å². The van der Waals surface area contributed by atoms with Crippen molar-refractivity contribution in [2.75, 3.05) is 21.1 Å². The van der Waals surface area contributed by atoms with Gasteiger partial charge in [-0.2, -0.15) is 0 Å². The molecule has 0 aliphatic carbocycles. The van der Waals surface area contributed by atoms with E-state index in [2.05, 4.69) is 55.4 Å². The molecule has 0 aliphatic rings. The summed E-state index contributed by atoms with van der Waals surface area (Å²) in [5.41, 5.74) is 5.67. The molecule has 5 nitrogen and oxygen atoms in total. The highest BCUT2D eigenvalue weighted by Crippen LogP contribution is 2.09. The van der Waals surface area contributed by atoms with E-state index in [0.29, 0.717) is 6.42 Å². The average Bonchev–Trinajstić information content (AvgIpc) is 2.48. The van der Waals surface area contributed by atoms with Gasteiger partial charge in [-0.25, -0.2) is 10.4 Å². The summed E-state index contributed by atoms with van der Waals surface area (Å²) in [5, 5.41) is 0. The zero-order chi connectivity index (χ0) is 16.9. The zero-order valence-corrected chi connectivity index (χ0v) is 14.1. The smallest absolute Gasteiger partial charge is 0.238 e. The van der Waals surface area contributed by atoms with Crippen molar-refractivity contribution in [1.82, 2.24) is 5.43 Å². The van der Waals surface area contributed by atoms with Crippen LogP contribution in [0.5, 0.6) is 0 Å². The van der Waals surface area contributed by atoms with E-state index in [4.69, 9.17) is 5.84 Å². The van der Waals surface area contributed by atoms with Gasteiger partial charge in [0.15, 0.2) is 18.9 Å². The number of nitrogens with one attached hydrogen (secondary N) is 1. The van der Waals surface area contributed by atoms with Crippen molar-refractivity contribution >= 4 is 5.91 Å². The Kier molecular flexibility index (Phi) is 5.47. The van der Waals surface area contributed by atoms with E-state index in [1.807, 2.05) is 24.5 Å². The SMILES string of the molecule is C[N+](C)(C)Cc1ccc(C[n+]2cccc(CC(=O)NN)c2)cc1. The summed E-state index contributed by atoms with van der Waals surface area (Å²) in [5.74, 6) is 4.94. The molecule has 1 heterocycles. The molecule has 0 aliphatic heterocycles. The first-order valence-corrected chi connectivity index (χ1v) is 7.71. The van der Waals surface area contributed by atoms with Gasteiger partial charge >= 0.3 is 0 Å². The van der Waals surface area contributed by atoms with Crippen LogP contribution in [0.25, 0.3) is 0 Å². The predicted octanol–water partition coefficient (Wildman–Crippen LogP) is 0.761. The van der Waals surface area contributed by atoms with Crippen molar-refractivity contribution in [3.8, 4) is 0 Å². The van der Waals surface area contributed by atoms with Crippen LogP contribution in [-0.2, 0) is 24.3 Å². The summed E-state index contributed by atoms with van der Waals surface area (Å²) in [4.78, 5) is 11.4. The molecule has 0 saturated heterocycles. The Morgan fingerprint density at radius 3 is 2.35 bits per heavy atom. The number of nitrogens with zero attached hydrogens (tertiary/aromatic N) is 2. The molecule has 0 atom stereocenters. The van der Waals surface area contributed by atoms with Crippen LogP contribution in [0.15, 0.2) is 48.8 Å². The lowest BCUT2D eigenvalue weighted by molar-refractivity contribution is -0.884. The summed E-state index contributed by atoms with van der Waals surface area (Å²) >= 11 is 0. The molecule has 1 amide bonds. The fourth-order valence-electron chi connectivity index (χ4n) is 2.52. The number of aromatic nitrogens is 1. The van der Waals surface area contributed by atoms with E-state index in [1.165, 1.54) is 11.1 Å². The number of carbonyl (C=O) groups excluding carboxylic acids is 1. The Hall–Kier alpha value is -2.24. The summed E-state index contributed by atoms with van der Waals surface area (Å²) < 4.78 is 2.99. The molecule has 2 aromatic rings. The lowest BCUT2D eigenvalue weighted by Crippen LogP contribution is -2.36. The van der Waals surface area contributed by atoms with Crippen LogP contribution in [0.2, 0.25) is 0 Å². The number of hydrazine groups is 1. The van der Waals surface area contributed by atoms with Crippen LogP contribution in [0.1, 0.15) is 16.7 Å². The van der Waals surface area contributed by atoms with E-state index < -0.39 is 0 Å². The summed E-state index contributed by atoms with van der Waals surface area (Å²) in [7, 11) is 6.56. The monoisotopic (exact) mass is 314 g/mol. The van der Waals surface area contributed by atoms with Gasteiger partial charge in [0.05, 0.1) is 27.6 Å². The molecule has 23 heavy (non-hydrogen) atoms. The summed E-state index contributed by atoms with van der Waals surface area (Å²) in [6.45, 7) is 1.79. The Morgan fingerprint density at radius 2 is 1.74 bits per heavy atom. The van der Waals surface area contributed by atoms with Crippen LogP contribution in [0, 0.1) is 0 Å². The van der Waals surface area contributed by atoms with Gasteiger partial charge in [-0.1, -0.05) is 24.3 Å². The number of pyridine rings is 1. The van der Waals surface area contributed by atoms with Crippen molar-refractivity contribution < 1.29 is 13.8 Å². The number of amides is 1. The number of hydrogen-bond donors (Lipinski definition) is 2. The minimum absolute atomic E-state index is 0.188. The third kappa shape index (κ3) is 5.81. The number of hydrogen-bond acceptors (Lipinski definition) is 2. The first-order valence-electron chi connectivity index (χ1n) is 7.71. The molecule has 0 spiro atoms. The van der Waals surface area contributed by atoms with E-state index in [1.54, 1.807) is 0 Å². The molecule has 0 bridgehead atoms. The number of carbonyl (C=O) groups is 1. The maximum Gasteiger partial charge on any atom is 0.238 e. The Balaban J connectivity index is 2.04. The minimum Gasteiger partial charge on any atom is -0.327 e. The molecule has 1 aromatic heterocycles. The molecule has 0 saturated carbocycles. The fraction of sp³-hybridized carbons (Fsp3) is 0.333. The van der Waals surface area contributed by atoms with Crippen molar-refractivity contribution in [3.05, 3.63) is 65.5 Å². The van der Waals surface area contributed by atoms with Gasteiger partial charge < -0.3 is 4.48 Å². The summed E-state index contributed by atoms with van der Waals surface area (Å²) in [6.07, 6.45) is 4.28. The molecule has 122 valence electrons. The van der Waals surface area contributed by atoms with E-state index in [-0.39, 0.29) is 5.91 Å². The van der Waals surface area contributed by atoms with Crippen LogP contribution >= 0.6 is 0 Å². The highest BCUT2D eigenvalue weighted by Gasteiger charge is 2.10. The predicted molar refractivity (Wildman–Crippen MR) is 90.0 cm³/mol. The van der Waals surface area contributed by atoms with Gasteiger partial charge in [0.25, 0.3) is 0 Å². The molecular formula is C18H26N4O+2. The van der Waals surface area contributed by atoms with Gasteiger partial charge in [0.1, 0.15) is 6.54 Å². The van der Waals surface area contributed by atoms with Gasteiger partial charge in [0.2, 0.25) is 5.91 Å². The minimum atomic E-state index is -0.188. The second kappa shape index (κ2) is 7.35. The Morgan fingerprint density at radius 1 is 1.09 bits per heavy atom. The Bertz CT molecular complexity index is 659. The lowest BCUT2D eigenvalue weighted by Gasteiger charge is -2.23. The summed E-state index contributed by atoms with van der Waals surface area (Å²) in [6, 6.07) is 12.6.